The van der Waals surface area contributed by atoms with Crippen molar-refractivity contribution in [2.24, 2.45) is 0 Å². The van der Waals surface area contributed by atoms with Gasteiger partial charge in [-0.05, 0) is 44.0 Å². The Labute approximate surface area is 151 Å². The lowest BCUT2D eigenvalue weighted by Crippen LogP contribution is -2.33. The second-order valence-corrected chi connectivity index (χ2v) is 7.19. The average molecular weight is 356 g/mol. The van der Waals surface area contributed by atoms with Gasteiger partial charge >= 0.3 is 0 Å². The lowest BCUT2D eigenvalue weighted by Gasteiger charge is -2.31. The summed E-state index contributed by atoms with van der Waals surface area (Å²) in [7, 11) is 0. The third kappa shape index (κ3) is 3.31. The van der Waals surface area contributed by atoms with Gasteiger partial charge in [0.15, 0.2) is 5.13 Å². The molecule has 3 aromatic rings. The lowest BCUT2D eigenvalue weighted by atomic mass is 9.96. The topological polar surface area (TPSA) is 34.0 Å². The van der Waals surface area contributed by atoms with Crippen molar-refractivity contribution < 1.29 is 4.39 Å². The van der Waals surface area contributed by atoms with Gasteiger partial charge < -0.3 is 9.47 Å². The molecule has 4 nitrogen and oxygen atoms in total. The van der Waals surface area contributed by atoms with Crippen LogP contribution < -0.4 is 4.90 Å². The van der Waals surface area contributed by atoms with Crippen LogP contribution in [0.2, 0.25) is 0 Å². The molecule has 0 saturated carbocycles. The van der Waals surface area contributed by atoms with Gasteiger partial charge in [0.25, 0.3) is 0 Å². The number of thiazole rings is 1. The molecule has 0 atom stereocenters. The highest BCUT2D eigenvalue weighted by molar-refractivity contribution is 7.14. The fraction of sp³-hybridized carbons (Fsp3) is 0.368. The molecule has 1 aliphatic rings. The Bertz CT molecular complexity index is 831. The average Bonchev–Trinajstić information content (AvgIpc) is 3.32. The number of imidazole rings is 1. The summed E-state index contributed by atoms with van der Waals surface area (Å²) in [6, 6.07) is 6.53. The summed E-state index contributed by atoms with van der Waals surface area (Å²) in [6.45, 7) is 5.13. The maximum absolute atomic E-state index is 13.1. The largest absolute Gasteiger partial charge is 0.348 e. The first-order valence-corrected chi connectivity index (χ1v) is 9.60. The molecule has 6 heteroatoms. The van der Waals surface area contributed by atoms with Crippen molar-refractivity contribution in [2.75, 3.05) is 18.0 Å². The van der Waals surface area contributed by atoms with Crippen molar-refractivity contribution >= 4 is 16.5 Å². The van der Waals surface area contributed by atoms with E-state index >= 15 is 0 Å². The van der Waals surface area contributed by atoms with E-state index in [1.54, 1.807) is 23.5 Å². The molecule has 0 amide bonds. The van der Waals surface area contributed by atoms with Gasteiger partial charge in [-0.3, -0.25) is 0 Å². The van der Waals surface area contributed by atoms with Gasteiger partial charge in [-0.2, -0.15) is 0 Å². The molecule has 0 radical (unpaired) electrons. The zero-order chi connectivity index (χ0) is 17.2. The van der Waals surface area contributed by atoms with Crippen molar-refractivity contribution in [1.82, 2.24) is 14.5 Å². The minimum Gasteiger partial charge on any atom is -0.348 e. The highest BCUT2D eigenvalue weighted by Gasteiger charge is 2.25. The summed E-state index contributed by atoms with van der Waals surface area (Å²) >= 11 is 1.66. The molecule has 0 bridgehead atoms. The van der Waals surface area contributed by atoms with Crippen molar-refractivity contribution in [1.29, 1.82) is 0 Å². The molecule has 3 heterocycles. The van der Waals surface area contributed by atoms with Crippen LogP contribution in [0.1, 0.15) is 31.5 Å². The van der Waals surface area contributed by atoms with Gasteiger partial charge in [0.2, 0.25) is 0 Å². The van der Waals surface area contributed by atoms with Crippen molar-refractivity contribution in [3.05, 3.63) is 53.7 Å². The second kappa shape index (κ2) is 6.96. The molecule has 1 aromatic carbocycles. The van der Waals surface area contributed by atoms with E-state index in [4.69, 9.17) is 4.98 Å². The smallest absolute Gasteiger partial charge is 0.185 e. The quantitative estimate of drug-likeness (QED) is 0.688. The standard InChI is InChI=1S/C19H21FN4S/c1-2-23-12-9-21-18(23)15-7-10-24(11-8-15)19-22-17(13-25-19)14-3-5-16(20)6-4-14/h3-6,9,12-13,15H,2,7-8,10-11H2,1H3. The summed E-state index contributed by atoms with van der Waals surface area (Å²) in [4.78, 5) is 11.7. The normalized spacial score (nSPS) is 15.7. The summed E-state index contributed by atoms with van der Waals surface area (Å²) in [5.41, 5.74) is 1.88. The van der Waals surface area contributed by atoms with Crippen LogP contribution in [-0.4, -0.2) is 27.6 Å². The number of hydrogen-bond acceptors (Lipinski definition) is 4. The van der Waals surface area contributed by atoms with Crippen LogP contribution >= 0.6 is 11.3 Å². The van der Waals surface area contributed by atoms with E-state index in [9.17, 15) is 4.39 Å². The molecule has 0 spiro atoms. The van der Waals surface area contributed by atoms with Crippen LogP contribution in [0.3, 0.4) is 0 Å². The number of rotatable bonds is 4. The Kier molecular flexibility index (Phi) is 4.53. The maximum Gasteiger partial charge on any atom is 0.185 e. The minimum atomic E-state index is -0.216. The zero-order valence-corrected chi connectivity index (χ0v) is 15.0. The van der Waals surface area contributed by atoms with Crippen molar-refractivity contribution in [2.45, 2.75) is 32.2 Å². The number of anilines is 1. The molecule has 4 rings (SSSR count). The minimum absolute atomic E-state index is 0.216. The third-order valence-electron chi connectivity index (χ3n) is 4.85. The van der Waals surface area contributed by atoms with Crippen LogP contribution in [-0.2, 0) is 6.54 Å². The van der Waals surface area contributed by atoms with E-state index in [1.807, 2.05) is 6.20 Å². The first-order chi connectivity index (χ1) is 12.2. The number of hydrogen-bond donors (Lipinski definition) is 0. The Morgan fingerprint density at radius 1 is 1.20 bits per heavy atom. The molecule has 0 unspecified atom stereocenters. The van der Waals surface area contributed by atoms with Crippen LogP contribution in [0, 0.1) is 5.82 Å². The van der Waals surface area contributed by atoms with E-state index in [1.165, 1.54) is 18.0 Å². The van der Waals surface area contributed by atoms with Crippen LogP contribution in [0.5, 0.6) is 0 Å². The number of aryl methyl sites for hydroxylation is 1. The van der Waals surface area contributed by atoms with Gasteiger partial charge in [-0.25, -0.2) is 14.4 Å². The van der Waals surface area contributed by atoms with E-state index in [0.29, 0.717) is 5.92 Å². The molecule has 25 heavy (non-hydrogen) atoms. The van der Waals surface area contributed by atoms with Crippen LogP contribution in [0.15, 0.2) is 42.0 Å². The highest BCUT2D eigenvalue weighted by Crippen LogP contribution is 2.33. The number of halogens is 1. The fourth-order valence-electron chi connectivity index (χ4n) is 3.44. The Morgan fingerprint density at radius 3 is 2.68 bits per heavy atom. The molecule has 1 fully saturated rings. The fourth-order valence-corrected chi connectivity index (χ4v) is 4.33. The Hall–Kier alpha value is -2.21. The lowest BCUT2D eigenvalue weighted by molar-refractivity contribution is 0.468. The first kappa shape index (κ1) is 16.3. The summed E-state index contributed by atoms with van der Waals surface area (Å²) in [5.74, 6) is 1.53. The van der Waals surface area contributed by atoms with Gasteiger partial charge in [0.05, 0.1) is 5.69 Å². The molecule has 1 aliphatic heterocycles. The summed E-state index contributed by atoms with van der Waals surface area (Å²) < 4.78 is 15.3. The van der Waals surface area contributed by atoms with E-state index in [2.05, 4.69) is 33.0 Å². The number of piperidine rings is 1. The highest BCUT2D eigenvalue weighted by atomic mass is 32.1. The second-order valence-electron chi connectivity index (χ2n) is 6.35. The Morgan fingerprint density at radius 2 is 1.96 bits per heavy atom. The zero-order valence-electron chi connectivity index (χ0n) is 14.2. The SMILES string of the molecule is CCn1ccnc1C1CCN(c2nc(-c3ccc(F)cc3)cs2)CC1. The van der Waals surface area contributed by atoms with Crippen molar-refractivity contribution in [3.8, 4) is 11.3 Å². The first-order valence-electron chi connectivity index (χ1n) is 8.72. The predicted molar refractivity (Wildman–Crippen MR) is 99.6 cm³/mol. The Balaban J connectivity index is 1.44. The number of nitrogens with zero attached hydrogens (tertiary/aromatic N) is 4. The molecule has 2 aromatic heterocycles. The summed E-state index contributed by atoms with van der Waals surface area (Å²) in [5, 5.41) is 3.11. The number of benzene rings is 1. The maximum atomic E-state index is 13.1. The van der Waals surface area contributed by atoms with Crippen LogP contribution in [0.25, 0.3) is 11.3 Å². The monoisotopic (exact) mass is 356 g/mol. The summed E-state index contributed by atoms with van der Waals surface area (Å²) in [6.07, 6.45) is 6.17. The van der Waals surface area contributed by atoms with Crippen molar-refractivity contribution in [3.63, 3.8) is 0 Å². The van der Waals surface area contributed by atoms with Gasteiger partial charge in [-0.15, -0.1) is 11.3 Å². The number of aromatic nitrogens is 3. The molecule has 1 saturated heterocycles. The molecule has 0 aliphatic carbocycles. The predicted octanol–water partition coefficient (Wildman–Crippen LogP) is 4.55. The van der Waals surface area contributed by atoms with Crippen LogP contribution in [0.4, 0.5) is 9.52 Å². The van der Waals surface area contributed by atoms with Gasteiger partial charge in [-0.1, -0.05) is 0 Å². The van der Waals surface area contributed by atoms with E-state index < -0.39 is 0 Å². The van der Waals surface area contributed by atoms with E-state index in [-0.39, 0.29) is 5.82 Å². The molecular weight excluding hydrogens is 335 g/mol. The van der Waals surface area contributed by atoms with Gasteiger partial charge in [0.1, 0.15) is 11.6 Å². The third-order valence-corrected chi connectivity index (χ3v) is 5.75. The molecule has 0 N–H and O–H groups in total. The molecular formula is C19H21FN4S. The van der Waals surface area contributed by atoms with Gasteiger partial charge in [0, 0.05) is 48.9 Å². The molecule has 130 valence electrons. The van der Waals surface area contributed by atoms with E-state index in [0.717, 1.165) is 48.9 Å².